The van der Waals surface area contributed by atoms with E-state index in [1.807, 2.05) is 12.1 Å². The van der Waals surface area contributed by atoms with Gasteiger partial charge in [-0.25, -0.2) is 8.42 Å². The maximum absolute atomic E-state index is 11.7. The van der Waals surface area contributed by atoms with E-state index in [2.05, 4.69) is 5.32 Å². The van der Waals surface area contributed by atoms with Crippen molar-refractivity contribution in [1.29, 1.82) is 0 Å². The summed E-state index contributed by atoms with van der Waals surface area (Å²) >= 11 is 5.99. The average molecular weight is 318 g/mol. The molecule has 0 radical (unpaired) electrons. The first-order valence-electron chi connectivity index (χ1n) is 6.69. The highest BCUT2D eigenvalue weighted by atomic mass is 35.5. The first-order valence-corrected chi connectivity index (χ1v) is 9.02. The largest absolute Gasteiger partial charge is 0.495 e. The van der Waals surface area contributed by atoms with E-state index in [-0.39, 0.29) is 11.3 Å². The Morgan fingerprint density at radius 2 is 2.10 bits per heavy atom. The first-order chi connectivity index (χ1) is 9.40. The van der Waals surface area contributed by atoms with Crippen LogP contribution in [0.15, 0.2) is 18.2 Å². The minimum atomic E-state index is -2.96. The van der Waals surface area contributed by atoms with Crippen molar-refractivity contribution in [2.45, 2.75) is 37.0 Å². The molecule has 0 heterocycles. The van der Waals surface area contributed by atoms with Crippen LogP contribution in [0.25, 0.3) is 0 Å². The Kier molecular flexibility index (Phi) is 4.81. The Bertz CT molecular complexity index is 574. The van der Waals surface area contributed by atoms with Crippen molar-refractivity contribution in [3.63, 3.8) is 0 Å². The van der Waals surface area contributed by atoms with Crippen LogP contribution in [0.1, 0.15) is 25.7 Å². The van der Waals surface area contributed by atoms with Crippen LogP contribution in [-0.4, -0.2) is 33.1 Å². The summed E-state index contributed by atoms with van der Waals surface area (Å²) in [4.78, 5) is 0. The van der Waals surface area contributed by atoms with Crippen molar-refractivity contribution in [1.82, 2.24) is 0 Å². The van der Waals surface area contributed by atoms with Crippen molar-refractivity contribution >= 4 is 27.1 Å². The Balaban J connectivity index is 2.06. The quantitative estimate of drug-likeness (QED) is 0.927. The van der Waals surface area contributed by atoms with Crippen molar-refractivity contribution in [2.24, 2.45) is 0 Å². The maximum atomic E-state index is 11.7. The van der Waals surface area contributed by atoms with Crippen LogP contribution in [0, 0.1) is 0 Å². The lowest BCUT2D eigenvalue weighted by molar-refractivity contribution is 0.415. The number of ether oxygens (including phenoxy) is 1. The molecule has 0 aromatic heterocycles. The lowest BCUT2D eigenvalue weighted by Gasteiger charge is -2.29. The second kappa shape index (κ2) is 6.22. The summed E-state index contributed by atoms with van der Waals surface area (Å²) in [5.74, 6) is 0.618. The van der Waals surface area contributed by atoms with Crippen molar-refractivity contribution < 1.29 is 13.2 Å². The highest BCUT2D eigenvalue weighted by Crippen LogP contribution is 2.30. The molecule has 1 fully saturated rings. The fourth-order valence-corrected chi connectivity index (χ4v) is 4.02. The molecule has 1 aliphatic carbocycles. The van der Waals surface area contributed by atoms with Crippen LogP contribution >= 0.6 is 11.6 Å². The van der Waals surface area contributed by atoms with Crippen LogP contribution in [0.3, 0.4) is 0 Å². The van der Waals surface area contributed by atoms with Gasteiger partial charge in [-0.15, -0.1) is 0 Å². The highest BCUT2D eigenvalue weighted by molar-refractivity contribution is 7.91. The minimum Gasteiger partial charge on any atom is -0.495 e. The summed E-state index contributed by atoms with van der Waals surface area (Å²) in [6, 6.07) is 5.68. The zero-order valence-corrected chi connectivity index (χ0v) is 13.3. The molecule has 0 amide bonds. The van der Waals surface area contributed by atoms with Gasteiger partial charge in [0.2, 0.25) is 0 Å². The van der Waals surface area contributed by atoms with E-state index < -0.39 is 9.84 Å². The van der Waals surface area contributed by atoms with Gasteiger partial charge in [-0.1, -0.05) is 18.0 Å². The third-order valence-electron chi connectivity index (χ3n) is 3.75. The van der Waals surface area contributed by atoms with E-state index in [4.69, 9.17) is 16.3 Å². The lowest BCUT2D eigenvalue weighted by atomic mass is 9.95. The van der Waals surface area contributed by atoms with Crippen LogP contribution < -0.4 is 10.1 Å². The molecule has 0 aliphatic heterocycles. The molecule has 1 saturated carbocycles. The SMILES string of the molecule is COc1cc(NC2CCCC(S(C)(=O)=O)C2)ccc1Cl. The van der Waals surface area contributed by atoms with E-state index >= 15 is 0 Å². The van der Waals surface area contributed by atoms with Crippen molar-refractivity contribution in [2.75, 3.05) is 18.7 Å². The molecule has 0 bridgehead atoms. The highest BCUT2D eigenvalue weighted by Gasteiger charge is 2.28. The molecule has 2 rings (SSSR count). The maximum Gasteiger partial charge on any atom is 0.150 e. The van der Waals surface area contributed by atoms with Gasteiger partial charge in [0.15, 0.2) is 0 Å². The van der Waals surface area contributed by atoms with Gasteiger partial charge in [0.1, 0.15) is 15.6 Å². The molecule has 6 heteroatoms. The molecule has 1 aliphatic rings. The van der Waals surface area contributed by atoms with Gasteiger partial charge in [-0.3, -0.25) is 0 Å². The monoisotopic (exact) mass is 317 g/mol. The second-order valence-corrected chi connectivity index (χ2v) is 8.04. The smallest absolute Gasteiger partial charge is 0.150 e. The molecule has 2 atom stereocenters. The van der Waals surface area contributed by atoms with Gasteiger partial charge in [0.25, 0.3) is 0 Å². The topological polar surface area (TPSA) is 55.4 Å². The number of hydrogen-bond acceptors (Lipinski definition) is 4. The standard InChI is InChI=1S/C14H20ClNO3S/c1-19-14-9-11(6-7-13(14)15)16-10-4-3-5-12(8-10)20(2,17)18/h6-7,9-10,12,16H,3-5,8H2,1-2H3. The van der Waals surface area contributed by atoms with Gasteiger partial charge >= 0.3 is 0 Å². The minimum absolute atomic E-state index is 0.175. The lowest BCUT2D eigenvalue weighted by Crippen LogP contribution is -2.34. The molecule has 0 spiro atoms. The molecule has 1 aromatic carbocycles. The number of halogens is 1. The number of hydrogen-bond donors (Lipinski definition) is 1. The Hall–Kier alpha value is -0.940. The summed E-state index contributed by atoms with van der Waals surface area (Å²) < 4.78 is 28.5. The molecule has 2 unspecified atom stereocenters. The Morgan fingerprint density at radius 1 is 1.35 bits per heavy atom. The van der Waals surface area contributed by atoms with E-state index in [1.54, 1.807) is 13.2 Å². The molecule has 0 saturated heterocycles. The summed E-state index contributed by atoms with van der Waals surface area (Å²) in [6.45, 7) is 0. The van der Waals surface area contributed by atoms with Gasteiger partial charge in [0.05, 0.1) is 17.4 Å². The number of methoxy groups -OCH3 is 1. The van der Waals surface area contributed by atoms with E-state index in [0.29, 0.717) is 17.2 Å². The number of rotatable bonds is 4. The number of anilines is 1. The predicted molar refractivity (Wildman–Crippen MR) is 82.5 cm³/mol. The summed E-state index contributed by atoms with van der Waals surface area (Å²) in [7, 11) is -1.38. The third kappa shape index (κ3) is 3.79. The zero-order valence-electron chi connectivity index (χ0n) is 11.7. The number of benzene rings is 1. The fourth-order valence-electron chi connectivity index (χ4n) is 2.65. The summed E-state index contributed by atoms with van der Waals surface area (Å²) in [5.41, 5.74) is 0.908. The molecular formula is C14H20ClNO3S. The first kappa shape index (κ1) is 15.4. The van der Waals surface area contributed by atoms with Crippen LogP contribution in [-0.2, 0) is 9.84 Å². The summed E-state index contributed by atoms with van der Waals surface area (Å²) in [5, 5.41) is 3.71. The van der Waals surface area contributed by atoms with Gasteiger partial charge in [0, 0.05) is 24.1 Å². The zero-order chi connectivity index (χ0) is 14.8. The molecule has 1 aromatic rings. The van der Waals surface area contributed by atoms with Crippen molar-refractivity contribution in [3.05, 3.63) is 23.2 Å². The number of nitrogens with one attached hydrogen (secondary N) is 1. The van der Waals surface area contributed by atoms with Gasteiger partial charge < -0.3 is 10.1 Å². The Morgan fingerprint density at radius 3 is 2.75 bits per heavy atom. The number of sulfone groups is 1. The van der Waals surface area contributed by atoms with E-state index in [0.717, 1.165) is 24.9 Å². The molecular weight excluding hydrogens is 298 g/mol. The van der Waals surface area contributed by atoms with Crippen molar-refractivity contribution in [3.8, 4) is 5.75 Å². The van der Waals surface area contributed by atoms with E-state index in [1.165, 1.54) is 6.26 Å². The van der Waals surface area contributed by atoms with Crippen LogP contribution in [0.5, 0.6) is 5.75 Å². The molecule has 112 valence electrons. The molecule has 1 N–H and O–H groups in total. The second-order valence-electron chi connectivity index (χ2n) is 5.31. The van der Waals surface area contributed by atoms with Gasteiger partial charge in [-0.05, 0) is 31.4 Å². The Labute approximate surface area is 125 Å². The average Bonchev–Trinajstić information content (AvgIpc) is 2.40. The van der Waals surface area contributed by atoms with Crippen LogP contribution in [0.2, 0.25) is 5.02 Å². The molecule has 4 nitrogen and oxygen atoms in total. The van der Waals surface area contributed by atoms with Gasteiger partial charge in [-0.2, -0.15) is 0 Å². The van der Waals surface area contributed by atoms with E-state index in [9.17, 15) is 8.42 Å². The predicted octanol–water partition coefficient (Wildman–Crippen LogP) is 3.12. The van der Waals surface area contributed by atoms with Crippen LogP contribution in [0.4, 0.5) is 5.69 Å². The third-order valence-corrected chi connectivity index (χ3v) is 5.70. The normalized spacial score (nSPS) is 23.4. The molecule has 20 heavy (non-hydrogen) atoms. The summed E-state index contributed by atoms with van der Waals surface area (Å²) in [6.07, 6.45) is 4.66. The fraction of sp³-hybridized carbons (Fsp3) is 0.571.